The maximum Gasteiger partial charge on any atom is 0.137 e. The van der Waals surface area contributed by atoms with Gasteiger partial charge in [0.1, 0.15) is 17.5 Å². The van der Waals surface area contributed by atoms with Gasteiger partial charge in [-0.1, -0.05) is 13.8 Å². The largest absolute Gasteiger partial charge is 0.370 e. The third kappa shape index (κ3) is 3.32. The summed E-state index contributed by atoms with van der Waals surface area (Å²) >= 11 is 2.06. The maximum atomic E-state index is 4.67. The zero-order valence-corrected chi connectivity index (χ0v) is 13.3. The second-order valence-electron chi connectivity index (χ2n) is 5.26. The van der Waals surface area contributed by atoms with E-state index in [1.807, 2.05) is 6.92 Å². The van der Waals surface area contributed by atoms with E-state index in [-0.39, 0.29) is 0 Å². The molecule has 0 bridgehead atoms. The van der Waals surface area contributed by atoms with E-state index < -0.39 is 0 Å². The molecule has 2 atom stereocenters. The highest BCUT2D eigenvalue weighted by Crippen LogP contribution is 2.31. The molecule has 1 aliphatic rings. The van der Waals surface area contributed by atoms with Crippen molar-refractivity contribution in [3.05, 3.63) is 11.4 Å². The number of hydrogen-bond donors (Lipinski definition) is 1. The van der Waals surface area contributed by atoms with Crippen molar-refractivity contribution in [1.29, 1.82) is 0 Å². The molecule has 1 fully saturated rings. The van der Waals surface area contributed by atoms with Gasteiger partial charge in [0.2, 0.25) is 0 Å². The van der Waals surface area contributed by atoms with Crippen molar-refractivity contribution in [3.8, 4) is 0 Å². The molecular weight excluding hydrogens is 256 g/mol. The van der Waals surface area contributed by atoms with Crippen molar-refractivity contribution in [2.75, 3.05) is 29.9 Å². The minimum atomic E-state index is 0.654. The van der Waals surface area contributed by atoms with Crippen LogP contribution in [0.2, 0.25) is 0 Å². The molecule has 2 heterocycles. The molecule has 0 aromatic carbocycles. The highest BCUT2D eigenvalue weighted by Gasteiger charge is 2.25. The Hall–Kier alpha value is -0.970. The van der Waals surface area contributed by atoms with Crippen molar-refractivity contribution < 1.29 is 0 Å². The minimum absolute atomic E-state index is 0.654. The molecule has 0 radical (unpaired) electrons. The van der Waals surface area contributed by atoms with Crippen molar-refractivity contribution in [3.63, 3.8) is 0 Å². The van der Waals surface area contributed by atoms with E-state index in [2.05, 4.69) is 59.6 Å². The monoisotopic (exact) mass is 280 g/mol. The second kappa shape index (κ2) is 5.99. The van der Waals surface area contributed by atoms with E-state index in [4.69, 9.17) is 0 Å². The van der Waals surface area contributed by atoms with E-state index in [1.54, 1.807) is 0 Å². The van der Waals surface area contributed by atoms with Crippen LogP contribution in [-0.2, 0) is 0 Å². The number of rotatable bonds is 3. The molecule has 1 N–H and O–H groups in total. The van der Waals surface area contributed by atoms with Gasteiger partial charge in [-0.2, -0.15) is 11.8 Å². The lowest BCUT2D eigenvalue weighted by Gasteiger charge is -2.36. The van der Waals surface area contributed by atoms with Gasteiger partial charge in [0, 0.05) is 35.7 Å². The molecule has 2 rings (SSSR count). The molecule has 5 heteroatoms. The summed E-state index contributed by atoms with van der Waals surface area (Å²) in [6.07, 6.45) is 0. The molecule has 106 valence electrons. The fourth-order valence-electron chi connectivity index (χ4n) is 2.61. The normalized spacial score (nSPS) is 23.5. The number of anilines is 2. The molecule has 0 amide bonds. The Balaban J connectivity index is 2.32. The summed E-state index contributed by atoms with van der Waals surface area (Å²) in [6, 6.07) is 0. The molecule has 4 nitrogen and oxygen atoms in total. The standard InChI is InChI=1S/C14H24N4S/c1-6-15-13-11(4)14(17-12(5)16-13)18-7-9(2)19-10(3)8-18/h9-10H,6-8H2,1-5H3,(H,15,16,17). The highest BCUT2D eigenvalue weighted by atomic mass is 32.2. The zero-order chi connectivity index (χ0) is 14.0. The fraction of sp³-hybridized carbons (Fsp3) is 0.714. The van der Waals surface area contributed by atoms with Crippen LogP contribution in [0.5, 0.6) is 0 Å². The first-order valence-corrected chi connectivity index (χ1v) is 7.95. The highest BCUT2D eigenvalue weighted by molar-refractivity contribution is 8.00. The van der Waals surface area contributed by atoms with Crippen molar-refractivity contribution >= 4 is 23.4 Å². The fourth-order valence-corrected chi connectivity index (χ4v) is 3.94. The summed E-state index contributed by atoms with van der Waals surface area (Å²) in [6.45, 7) is 13.8. The van der Waals surface area contributed by atoms with Crippen molar-refractivity contribution in [1.82, 2.24) is 9.97 Å². The van der Waals surface area contributed by atoms with Crippen molar-refractivity contribution in [2.24, 2.45) is 0 Å². The van der Waals surface area contributed by atoms with Gasteiger partial charge >= 0.3 is 0 Å². The Kier molecular flexibility index (Phi) is 4.55. The van der Waals surface area contributed by atoms with Crippen LogP contribution in [0.1, 0.15) is 32.2 Å². The van der Waals surface area contributed by atoms with Gasteiger partial charge in [-0.15, -0.1) is 0 Å². The molecule has 2 unspecified atom stereocenters. The van der Waals surface area contributed by atoms with Gasteiger partial charge in [0.25, 0.3) is 0 Å². The topological polar surface area (TPSA) is 41.1 Å². The number of thioether (sulfide) groups is 1. The predicted molar refractivity (Wildman–Crippen MR) is 84.4 cm³/mol. The van der Waals surface area contributed by atoms with Gasteiger partial charge < -0.3 is 10.2 Å². The molecule has 1 saturated heterocycles. The van der Waals surface area contributed by atoms with Crippen LogP contribution in [-0.4, -0.2) is 40.1 Å². The summed E-state index contributed by atoms with van der Waals surface area (Å²) in [7, 11) is 0. The lowest BCUT2D eigenvalue weighted by Crippen LogP contribution is -2.41. The Labute approximate surface area is 120 Å². The van der Waals surface area contributed by atoms with E-state index in [9.17, 15) is 0 Å². The molecule has 1 aromatic heterocycles. The van der Waals surface area contributed by atoms with Crippen molar-refractivity contribution in [2.45, 2.75) is 45.1 Å². The lowest BCUT2D eigenvalue weighted by molar-refractivity contribution is 0.712. The Morgan fingerprint density at radius 3 is 2.42 bits per heavy atom. The summed E-state index contributed by atoms with van der Waals surface area (Å²) in [5.74, 6) is 2.92. The smallest absolute Gasteiger partial charge is 0.137 e. The average molecular weight is 280 g/mol. The first-order valence-electron chi connectivity index (χ1n) is 7.00. The number of nitrogens with zero attached hydrogens (tertiary/aromatic N) is 3. The number of nitrogens with one attached hydrogen (secondary N) is 1. The van der Waals surface area contributed by atoms with Gasteiger partial charge in [-0.3, -0.25) is 0 Å². The average Bonchev–Trinajstić information content (AvgIpc) is 2.32. The van der Waals surface area contributed by atoms with Crippen LogP contribution in [0.25, 0.3) is 0 Å². The second-order valence-corrected chi connectivity index (χ2v) is 7.14. The Morgan fingerprint density at radius 1 is 1.21 bits per heavy atom. The van der Waals surface area contributed by atoms with Gasteiger partial charge in [-0.05, 0) is 20.8 Å². The van der Waals surface area contributed by atoms with Crippen LogP contribution >= 0.6 is 11.8 Å². The predicted octanol–water partition coefficient (Wildman–Crippen LogP) is 2.86. The summed E-state index contributed by atoms with van der Waals surface area (Å²) in [4.78, 5) is 11.6. The molecular formula is C14H24N4S. The molecule has 0 spiro atoms. The van der Waals surface area contributed by atoms with E-state index in [0.717, 1.165) is 37.1 Å². The molecule has 1 aliphatic heterocycles. The minimum Gasteiger partial charge on any atom is -0.370 e. The van der Waals surface area contributed by atoms with Crippen LogP contribution in [0.15, 0.2) is 0 Å². The third-order valence-corrected chi connectivity index (χ3v) is 4.52. The van der Waals surface area contributed by atoms with Gasteiger partial charge in [0.05, 0.1) is 0 Å². The van der Waals surface area contributed by atoms with Crippen LogP contribution in [0, 0.1) is 13.8 Å². The summed E-state index contributed by atoms with van der Waals surface area (Å²) < 4.78 is 0. The van der Waals surface area contributed by atoms with E-state index >= 15 is 0 Å². The first-order chi connectivity index (χ1) is 9.01. The lowest BCUT2D eigenvalue weighted by atomic mass is 10.2. The van der Waals surface area contributed by atoms with E-state index in [1.165, 1.54) is 5.56 Å². The Bertz CT molecular complexity index is 439. The molecule has 19 heavy (non-hydrogen) atoms. The summed E-state index contributed by atoms with van der Waals surface area (Å²) in [5, 5.41) is 4.64. The summed E-state index contributed by atoms with van der Waals surface area (Å²) in [5.41, 5.74) is 1.17. The SMILES string of the molecule is CCNc1nc(C)nc(N2CC(C)SC(C)C2)c1C. The third-order valence-electron chi connectivity index (χ3n) is 3.30. The molecule has 0 saturated carbocycles. The maximum absolute atomic E-state index is 4.67. The first kappa shape index (κ1) is 14.4. The number of aromatic nitrogens is 2. The Morgan fingerprint density at radius 2 is 1.84 bits per heavy atom. The molecule has 0 aliphatic carbocycles. The zero-order valence-electron chi connectivity index (χ0n) is 12.5. The van der Waals surface area contributed by atoms with Gasteiger partial charge in [0.15, 0.2) is 0 Å². The van der Waals surface area contributed by atoms with Crippen LogP contribution in [0.4, 0.5) is 11.6 Å². The van der Waals surface area contributed by atoms with Crippen LogP contribution in [0.3, 0.4) is 0 Å². The van der Waals surface area contributed by atoms with E-state index in [0.29, 0.717) is 10.5 Å². The number of aryl methyl sites for hydroxylation is 1. The quantitative estimate of drug-likeness (QED) is 0.922. The number of hydrogen-bond acceptors (Lipinski definition) is 5. The van der Waals surface area contributed by atoms with Crippen LogP contribution < -0.4 is 10.2 Å². The molecule has 1 aromatic rings. The van der Waals surface area contributed by atoms with Gasteiger partial charge in [-0.25, -0.2) is 9.97 Å².